The first-order valence-corrected chi connectivity index (χ1v) is 11.1. The third-order valence-electron chi connectivity index (χ3n) is 5.77. The topological polar surface area (TPSA) is 71.1 Å². The van der Waals surface area contributed by atoms with Gasteiger partial charge < -0.3 is 18.9 Å². The van der Waals surface area contributed by atoms with Gasteiger partial charge in [-0.3, -0.25) is 4.79 Å². The lowest BCUT2D eigenvalue weighted by Gasteiger charge is -2.36. The Bertz CT molecular complexity index is 950. The molecule has 3 atom stereocenters. The number of Topliss-reactive ketones (excluding diaryl/α,β-unsaturated/α-hetero) is 1. The normalized spacial score (nSPS) is 22.3. The molecular formula is C26H28O6. The zero-order valence-electron chi connectivity index (χ0n) is 18.2. The highest BCUT2D eigenvalue weighted by Crippen LogP contribution is 2.35. The molecule has 1 aliphatic carbocycles. The highest BCUT2D eigenvalue weighted by molar-refractivity contribution is 5.96. The van der Waals surface area contributed by atoms with Crippen molar-refractivity contribution in [2.75, 3.05) is 13.2 Å². The predicted octanol–water partition coefficient (Wildman–Crippen LogP) is 4.68. The van der Waals surface area contributed by atoms with Crippen molar-refractivity contribution in [1.82, 2.24) is 0 Å². The average Bonchev–Trinajstić information content (AvgIpc) is 2.84. The number of esters is 1. The van der Waals surface area contributed by atoms with E-state index in [9.17, 15) is 9.59 Å². The van der Waals surface area contributed by atoms with E-state index < -0.39 is 0 Å². The van der Waals surface area contributed by atoms with Gasteiger partial charge in [0.15, 0.2) is 0 Å². The SMILES string of the molecule is CCCOC(=O)COC1CCC2C(=O)C(Oc3ccc(-c4ccccc4)cc3)=COC2C1. The molecule has 0 N–H and O–H groups in total. The number of hydrogen-bond donors (Lipinski definition) is 0. The van der Waals surface area contributed by atoms with Crippen molar-refractivity contribution < 1.29 is 28.5 Å². The van der Waals surface area contributed by atoms with Gasteiger partial charge in [0.25, 0.3) is 0 Å². The van der Waals surface area contributed by atoms with Crippen LogP contribution in [0.3, 0.4) is 0 Å². The van der Waals surface area contributed by atoms with Crippen LogP contribution in [0.2, 0.25) is 0 Å². The van der Waals surface area contributed by atoms with Gasteiger partial charge in [-0.25, -0.2) is 4.79 Å². The number of ether oxygens (including phenoxy) is 4. The van der Waals surface area contributed by atoms with E-state index in [0.29, 0.717) is 31.6 Å². The lowest BCUT2D eigenvalue weighted by molar-refractivity contribution is -0.154. The molecule has 0 radical (unpaired) electrons. The van der Waals surface area contributed by atoms with E-state index in [4.69, 9.17) is 18.9 Å². The molecule has 1 saturated carbocycles. The van der Waals surface area contributed by atoms with Gasteiger partial charge in [0.2, 0.25) is 11.5 Å². The molecule has 32 heavy (non-hydrogen) atoms. The molecule has 3 unspecified atom stereocenters. The zero-order chi connectivity index (χ0) is 22.3. The van der Waals surface area contributed by atoms with Crippen molar-refractivity contribution in [1.29, 1.82) is 0 Å². The summed E-state index contributed by atoms with van der Waals surface area (Å²) >= 11 is 0. The van der Waals surface area contributed by atoms with Gasteiger partial charge in [-0.05, 0) is 42.5 Å². The van der Waals surface area contributed by atoms with E-state index in [2.05, 4.69) is 0 Å². The quantitative estimate of drug-likeness (QED) is 0.560. The summed E-state index contributed by atoms with van der Waals surface area (Å²) in [6.07, 6.45) is 3.69. The van der Waals surface area contributed by atoms with Gasteiger partial charge in [0.1, 0.15) is 24.7 Å². The van der Waals surface area contributed by atoms with Crippen molar-refractivity contribution in [3.63, 3.8) is 0 Å². The van der Waals surface area contributed by atoms with Crippen molar-refractivity contribution >= 4 is 11.8 Å². The Balaban J connectivity index is 1.32. The number of benzene rings is 2. The maximum Gasteiger partial charge on any atom is 0.332 e. The van der Waals surface area contributed by atoms with E-state index in [1.807, 2.05) is 61.5 Å². The molecule has 1 fully saturated rings. The van der Waals surface area contributed by atoms with Crippen LogP contribution >= 0.6 is 0 Å². The van der Waals surface area contributed by atoms with Crippen LogP contribution in [0.25, 0.3) is 11.1 Å². The largest absolute Gasteiger partial charge is 0.493 e. The summed E-state index contributed by atoms with van der Waals surface area (Å²) in [5, 5.41) is 0. The molecule has 0 amide bonds. The van der Waals surface area contributed by atoms with Crippen LogP contribution < -0.4 is 4.74 Å². The maximum absolute atomic E-state index is 13.0. The van der Waals surface area contributed by atoms with Crippen LogP contribution in [0.1, 0.15) is 32.6 Å². The fourth-order valence-electron chi connectivity index (χ4n) is 4.08. The number of fused-ring (bicyclic) bond motifs is 1. The molecule has 2 aromatic carbocycles. The second-order valence-electron chi connectivity index (χ2n) is 8.09. The molecule has 2 aliphatic rings. The van der Waals surface area contributed by atoms with Crippen LogP contribution in [-0.2, 0) is 23.8 Å². The first kappa shape index (κ1) is 22.1. The summed E-state index contributed by atoms with van der Waals surface area (Å²) in [5.41, 5.74) is 2.20. The van der Waals surface area contributed by atoms with Crippen molar-refractivity contribution in [3.05, 3.63) is 66.6 Å². The summed E-state index contributed by atoms with van der Waals surface area (Å²) in [7, 11) is 0. The van der Waals surface area contributed by atoms with Crippen LogP contribution in [0.4, 0.5) is 0 Å². The molecule has 0 spiro atoms. The Morgan fingerprint density at radius 3 is 2.53 bits per heavy atom. The maximum atomic E-state index is 13.0. The highest BCUT2D eigenvalue weighted by Gasteiger charge is 2.41. The molecule has 4 rings (SSSR count). The smallest absolute Gasteiger partial charge is 0.332 e. The van der Waals surface area contributed by atoms with Gasteiger partial charge in [-0.1, -0.05) is 49.4 Å². The lowest BCUT2D eigenvalue weighted by atomic mass is 9.80. The second kappa shape index (κ2) is 10.5. The summed E-state index contributed by atoms with van der Waals surface area (Å²) in [4.78, 5) is 24.6. The Hall–Kier alpha value is -3.12. The molecule has 0 bridgehead atoms. The lowest BCUT2D eigenvalue weighted by Crippen LogP contribution is -2.42. The second-order valence-corrected chi connectivity index (χ2v) is 8.09. The van der Waals surface area contributed by atoms with Gasteiger partial charge in [-0.15, -0.1) is 0 Å². The molecule has 0 aromatic heterocycles. The van der Waals surface area contributed by atoms with Crippen LogP contribution in [0, 0.1) is 5.92 Å². The van der Waals surface area contributed by atoms with E-state index in [-0.39, 0.29) is 42.2 Å². The highest BCUT2D eigenvalue weighted by atomic mass is 16.6. The van der Waals surface area contributed by atoms with Crippen LogP contribution in [0.5, 0.6) is 5.75 Å². The molecule has 6 heteroatoms. The monoisotopic (exact) mass is 436 g/mol. The fourth-order valence-corrected chi connectivity index (χ4v) is 4.08. The van der Waals surface area contributed by atoms with Crippen LogP contribution in [-0.4, -0.2) is 37.2 Å². The minimum Gasteiger partial charge on any atom is -0.493 e. The van der Waals surface area contributed by atoms with Gasteiger partial charge in [0, 0.05) is 6.42 Å². The van der Waals surface area contributed by atoms with Gasteiger partial charge in [0.05, 0.1) is 18.6 Å². The molecule has 168 valence electrons. The Labute approximate surface area is 188 Å². The molecular weight excluding hydrogens is 408 g/mol. The fraction of sp³-hybridized carbons (Fsp3) is 0.385. The number of hydrogen-bond acceptors (Lipinski definition) is 6. The number of carbonyl (C=O) groups excluding carboxylic acids is 2. The van der Waals surface area contributed by atoms with E-state index in [1.54, 1.807) is 0 Å². The zero-order valence-corrected chi connectivity index (χ0v) is 18.2. The number of rotatable bonds is 8. The minimum atomic E-state index is -0.358. The van der Waals surface area contributed by atoms with Crippen molar-refractivity contribution in [2.45, 2.75) is 44.8 Å². The van der Waals surface area contributed by atoms with Gasteiger partial charge >= 0.3 is 5.97 Å². The first-order valence-electron chi connectivity index (χ1n) is 11.1. The number of allylic oxidation sites excluding steroid dienone is 1. The predicted molar refractivity (Wildman–Crippen MR) is 119 cm³/mol. The molecule has 6 nitrogen and oxygen atoms in total. The summed E-state index contributed by atoms with van der Waals surface area (Å²) in [6, 6.07) is 17.7. The van der Waals surface area contributed by atoms with E-state index in [1.165, 1.54) is 6.26 Å². The molecule has 0 saturated heterocycles. The molecule has 1 heterocycles. The van der Waals surface area contributed by atoms with E-state index >= 15 is 0 Å². The standard InChI is InChI=1S/C26H28O6/c1-2-14-29-25(27)17-30-21-12-13-22-23(15-21)31-16-24(26(22)28)32-20-10-8-19(9-11-20)18-6-4-3-5-7-18/h3-11,16,21-23H,2,12-15,17H2,1H3. The Kier molecular flexibility index (Phi) is 7.22. The summed E-state index contributed by atoms with van der Waals surface area (Å²) < 4.78 is 22.4. The Morgan fingerprint density at radius 2 is 1.78 bits per heavy atom. The van der Waals surface area contributed by atoms with Gasteiger partial charge in [-0.2, -0.15) is 0 Å². The number of ketones is 1. The number of carbonyl (C=O) groups is 2. The van der Waals surface area contributed by atoms with Crippen molar-refractivity contribution in [3.8, 4) is 16.9 Å². The minimum absolute atomic E-state index is 0.0470. The first-order chi connectivity index (χ1) is 15.6. The molecule has 2 aromatic rings. The third-order valence-corrected chi connectivity index (χ3v) is 5.77. The summed E-state index contributed by atoms with van der Waals surface area (Å²) in [6.45, 7) is 2.27. The van der Waals surface area contributed by atoms with Crippen LogP contribution in [0.15, 0.2) is 66.6 Å². The third kappa shape index (κ3) is 5.37. The Morgan fingerprint density at radius 1 is 1.03 bits per heavy atom. The molecule has 1 aliphatic heterocycles. The van der Waals surface area contributed by atoms with E-state index in [0.717, 1.165) is 17.5 Å². The average molecular weight is 437 g/mol. The van der Waals surface area contributed by atoms with Crippen molar-refractivity contribution in [2.24, 2.45) is 5.92 Å². The summed E-state index contributed by atoms with van der Waals surface area (Å²) in [5.74, 6) is 0.151.